The molecular formula is C9H8FNO. The van der Waals surface area contributed by atoms with E-state index >= 15 is 0 Å². The van der Waals surface area contributed by atoms with Gasteiger partial charge in [0.1, 0.15) is 5.82 Å². The lowest BCUT2D eigenvalue weighted by Crippen LogP contribution is -2.18. The van der Waals surface area contributed by atoms with Crippen LogP contribution in [0.15, 0.2) is 23.1 Å². The van der Waals surface area contributed by atoms with Crippen LogP contribution in [0, 0.1) is 18.2 Å². The summed E-state index contributed by atoms with van der Waals surface area (Å²) >= 11 is 0. The van der Waals surface area contributed by atoms with E-state index < -0.39 is 5.82 Å². The standard InChI is InChI=1S/C9H8FNO/c1-2-3-6-11-7-8(10)4-5-9(11)12/h1,4-5,7H,3,6H2. The van der Waals surface area contributed by atoms with E-state index in [1.54, 1.807) is 0 Å². The Morgan fingerprint density at radius 2 is 2.33 bits per heavy atom. The number of hydrogen-bond donors (Lipinski definition) is 0. The van der Waals surface area contributed by atoms with Gasteiger partial charge in [-0.05, 0) is 6.07 Å². The number of hydrogen-bond acceptors (Lipinski definition) is 1. The zero-order chi connectivity index (χ0) is 8.97. The number of aryl methyl sites for hydroxylation is 1. The SMILES string of the molecule is C#CCCn1cc(F)ccc1=O. The van der Waals surface area contributed by atoms with Gasteiger partial charge >= 0.3 is 0 Å². The van der Waals surface area contributed by atoms with Crippen molar-refractivity contribution in [2.24, 2.45) is 0 Å². The first-order valence-electron chi connectivity index (χ1n) is 3.53. The van der Waals surface area contributed by atoms with Crippen LogP contribution in [0.5, 0.6) is 0 Å². The number of pyridine rings is 1. The van der Waals surface area contributed by atoms with Gasteiger partial charge in [-0.1, -0.05) is 0 Å². The van der Waals surface area contributed by atoms with Crippen molar-refractivity contribution in [1.82, 2.24) is 4.57 Å². The van der Waals surface area contributed by atoms with Gasteiger partial charge < -0.3 is 4.57 Å². The summed E-state index contributed by atoms with van der Waals surface area (Å²) in [6.07, 6.45) is 6.59. The molecule has 2 nitrogen and oxygen atoms in total. The average molecular weight is 165 g/mol. The predicted molar refractivity (Wildman–Crippen MR) is 44.1 cm³/mol. The van der Waals surface area contributed by atoms with Crippen molar-refractivity contribution in [2.45, 2.75) is 13.0 Å². The van der Waals surface area contributed by atoms with Crippen molar-refractivity contribution in [2.75, 3.05) is 0 Å². The van der Waals surface area contributed by atoms with Crippen LogP contribution in [-0.4, -0.2) is 4.57 Å². The van der Waals surface area contributed by atoms with Crippen molar-refractivity contribution in [3.8, 4) is 12.3 Å². The first kappa shape index (κ1) is 8.54. The lowest BCUT2D eigenvalue weighted by molar-refractivity contribution is 0.584. The average Bonchev–Trinajstić information content (AvgIpc) is 2.07. The van der Waals surface area contributed by atoms with Gasteiger partial charge in [-0.15, -0.1) is 12.3 Å². The number of rotatable bonds is 2. The molecule has 0 fully saturated rings. The molecule has 0 radical (unpaired) electrons. The van der Waals surface area contributed by atoms with Gasteiger partial charge in [-0.3, -0.25) is 4.79 Å². The monoisotopic (exact) mass is 165 g/mol. The van der Waals surface area contributed by atoms with E-state index in [1.165, 1.54) is 10.6 Å². The lowest BCUT2D eigenvalue weighted by atomic mass is 10.4. The van der Waals surface area contributed by atoms with E-state index in [0.717, 1.165) is 12.3 Å². The number of nitrogens with zero attached hydrogens (tertiary/aromatic N) is 1. The van der Waals surface area contributed by atoms with Crippen LogP contribution in [0.3, 0.4) is 0 Å². The van der Waals surface area contributed by atoms with Gasteiger partial charge in [0.2, 0.25) is 0 Å². The Labute approximate surface area is 69.6 Å². The van der Waals surface area contributed by atoms with E-state index in [1.807, 2.05) is 0 Å². The highest BCUT2D eigenvalue weighted by atomic mass is 19.1. The van der Waals surface area contributed by atoms with Crippen LogP contribution in [0.2, 0.25) is 0 Å². The molecule has 0 unspecified atom stereocenters. The number of aromatic nitrogens is 1. The summed E-state index contributed by atoms with van der Waals surface area (Å²) in [5.41, 5.74) is -0.230. The maximum atomic E-state index is 12.6. The molecule has 62 valence electrons. The molecule has 0 aliphatic carbocycles. The molecule has 3 heteroatoms. The van der Waals surface area contributed by atoms with Gasteiger partial charge in [0, 0.05) is 25.2 Å². The van der Waals surface area contributed by atoms with Gasteiger partial charge in [0.25, 0.3) is 5.56 Å². The molecule has 0 bridgehead atoms. The summed E-state index contributed by atoms with van der Waals surface area (Å²) in [5.74, 6) is 1.96. The molecule has 12 heavy (non-hydrogen) atoms. The van der Waals surface area contributed by atoms with Crippen LogP contribution < -0.4 is 5.56 Å². The molecule has 0 atom stereocenters. The molecule has 1 heterocycles. The lowest BCUT2D eigenvalue weighted by Gasteiger charge is -2.00. The summed E-state index contributed by atoms with van der Waals surface area (Å²) in [4.78, 5) is 11.0. The maximum Gasteiger partial charge on any atom is 0.250 e. The summed E-state index contributed by atoms with van der Waals surface area (Å²) in [6, 6.07) is 2.32. The maximum absolute atomic E-state index is 12.6. The van der Waals surface area contributed by atoms with Gasteiger partial charge in [0.15, 0.2) is 0 Å². The van der Waals surface area contributed by atoms with Crippen molar-refractivity contribution in [3.63, 3.8) is 0 Å². The predicted octanol–water partition coefficient (Wildman–Crippen LogP) is 1.01. The zero-order valence-corrected chi connectivity index (χ0v) is 6.46. The second-order valence-electron chi connectivity index (χ2n) is 2.33. The minimum atomic E-state index is -0.424. The summed E-state index contributed by atoms with van der Waals surface area (Å²) in [7, 11) is 0. The van der Waals surface area contributed by atoms with Crippen molar-refractivity contribution in [3.05, 3.63) is 34.5 Å². The fraction of sp³-hybridized carbons (Fsp3) is 0.222. The molecule has 0 aromatic carbocycles. The smallest absolute Gasteiger partial charge is 0.250 e. The molecule has 1 rings (SSSR count). The Hall–Kier alpha value is -1.56. The molecule has 0 aliphatic rings. The van der Waals surface area contributed by atoms with Crippen LogP contribution in [-0.2, 0) is 6.54 Å². The summed E-state index contributed by atoms with van der Waals surface area (Å²) in [6.45, 7) is 0.368. The molecule has 0 saturated heterocycles. The topological polar surface area (TPSA) is 22.0 Å². The van der Waals surface area contributed by atoms with E-state index in [-0.39, 0.29) is 5.56 Å². The van der Waals surface area contributed by atoms with Crippen LogP contribution in [0.1, 0.15) is 6.42 Å². The Morgan fingerprint density at radius 1 is 1.58 bits per heavy atom. The van der Waals surface area contributed by atoms with Crippen LogP contribution in [0.25, 0.3) is 0 Å². The van der Waals surface area contributed by atoms with Gasteiger partial charge in [-0.2, -0.15) is 0 Å². The molecule has 0 saturated carbocycles. The highest BCUT2D eigenvalue weighted by Gasteiger charge is 1.95. The van der Waals surface area contributed by atoms with Crippen LogP contribution in [0.4, 0.5) is 4.39 Å². The minimum Gasteiger partial charge on any atom is -0.312 e. The van der Waals surface area contributed by atoms with Crippen molar-refractivity contribution >= 4 is 0 Å². The normalized spacial score (nSPS) is 9.33. The van der Waals surface area contributed by atoms with Gasteiger partial charge in [-0.25, -0.2) is 4.39 Å². The van der Waals surface area contributed by atoms with Crippen LogP contribution >= 0.6 is 0 Å². The molecule has 0 aliphatic heterocycles. The third-order valence-electron chi connectivity index (χ3n) is 1.44. The van der Waals surface area contributed by atoms with Gasteiger partial charge in [0.05, 0.1) is 0 Å². The zero-order valence-electron chi connectivity index (χ0n) is 6.46. The highest BCUT2D eigenvalue weighted by molar-refractivity contribution is 4.97. The van der Waals surface area contributed by atoms with E-state index in [2.05, 4.69) is 5.92 Å². The second kappa shape index (κ2) is 3.72. The molecule has 1 aromatic rings. The third-order valence-corrected chi connectivity index (χ3v) is 1.44. The van der Waals surface area contributed by atoms with E-state index in [9.17, 15) is 9.18 Å². The summed E-state index contributed by atoms with van der Waals surface area (Å²) < 4.78 is 13.8. The molecule has 1 aromatic heterocycles. The van der Waals surface area contributed by atoms with Crippen molar-refractivity contribution < 1.29 is 4.39 Å². The number of terminal acetylenes is 1. The molecular weight excluding hydrogens is 157 g/mol. The molecule has 0 N–H and O–H groups in total. The van der Waals surface area contributed by atoms with Crippen molar-refractivity contribution in [1.29, 1.82) is 0 Å². The number of halogens is 1. The Balaban J connectivity index is 2.92. The Morgan fingerprint density at radius 3 is 3.00 bits per heavy atom. The quantitative estimate of drug-likeness (QED) is 0.599. The third kappa shape index (κ3) is 1.96. The fourth-order valence-corrected chi connectivity index (χ4v) is 0.862. The first-order valence-corrected chi connectivity index (χ1v) is 3.53. The Kier molecular flexibility index (Phi) is 2.65. The van der Waals surface area contributed by atoms with E-state index in [0.29, 0.717) is 13.0 Å². The highest BCUT2D eigenvalue weighted by Crippen LogP contribution is 1.92. The molecule has 0 amide bonds. The minimum absolute atomic E-state index is 0.230. The largest absolute Gasteiger partial charge is 0.312 e. The summed E-state index contributed by atoms with van der Waals surface area (Å²) in [5, 5.41) is 0. The second-order valence-corrected chi connectivity index (χ2v) is 2.33. The Bertz CT molecular complexity index is 362. The van der Waals surface area contributed by atoms with E-state index in [4.69, 9.17) is 6.42 Å². The molecule has 0 spiro atoms. The first-order chi connectivity index (χ1) is 5.74. The fourth-order valence-electron chi connectivity index (χ4n) is 0.862.